The highest BCUT2D eigenvalue weighted by atomic mass is 35.5. The molecule has 1 heterocycles. The van der Waals surface area contributed by atoms with Crippen LogP contribution in [0.15, 0.2) is 62.4 Å². The van der Waals surface area contributed by atoms with Crippen molar-refractivity contribution in [1.82, 2.24) is 9.78 Å². The lowest BCUT2D eigenvalue weighted by Crippen LogP contribution is -2.15. The maximum Gasteiger partial charge on any atom is 0.299 e. The number of aryl methyl sites for hydroxylation is 1. The van der Waals surface area contributed by atoms with E-state index in [4.69, 9.17) is 27.8 Å². The summed E-state index contributed by atoms with van der Waals surface area (Å²) in [5, 5.41) is 10.4. The zero-order valence-corrected chi connectivity index (χ0v) is 16.0. The number of halogens is 2. The van der Waals surface area contributed by atoms with E-state index in [-0.39, 0.29) is 21.4 Å². The monoisotopic (exact) mass is 426 g/mol. The van der Waals surface area contributed by atoms with E-state index in [1.807, 2.05) is 6.07 Å². The molecule has 0 aliphatic carbocycles. The zero-order chi connectivity index (χ0) is 19.8. The topological polar surface area (TPSA) is 117 Å². The van der Waals surface area contributed by atoms with Gasteiger partial charge in [0.2, 0.25) is 0 Å². The molecule has 1 aromatic heterocycles. The van der Waals surface area contributed by atoms with Crippen LogP contribution >= 0.6 is 23.2 Å². The number of aromatic nitrogens is 2. The van der Waals surface area contributed by atoms with Gasteiger partial charge in [0.15, 0.2) is 5.69 Å². The Morgan fingerprint density at radius 3 is 2.37 bits per heavy atom. The first kappa shape index (κ1) is 19.3. The van der Waals surface area contributed by atoms with Crippen LogP contribution in [-0.4, -0.2) is 22.8 Å². The summed E-state index contributed by atoms with van der Waals surface area (Å²) in [6.45, 7) is 1.62. The van der Waals surface area contributed by atoms with Gasteiger partial charge in [0.1, 0.15) is 4.90 Å². The van der Waals surface area contributed by atoms with Gasteiger partial charge in [0, 0.05) is 0 Å². The third-order valence-corrected chi connectivity index (χ3v) is 5.20. The van der Waals surface area contributed by atoms with Crippen LogP contribution in [0.25, 0.3) is 5.69 Å². The molecule has 140 valence electrons. The second-order valence-corrected chi connectivity index (χ2v) is 7.67. The van der Waals surface area contributed by atoms with Gasteiger partial charge in [-0.05, 0) is 31.2 Å². The Morgan fingerprint density at radius 1 is 1.07 bits per heavy atom. The lowest BCUT2D eigenvalue weighted by Gasteiger charge is -2.08. The zero-order valence-electron chi connectivity index (χ0n) is 13.7. The van der Waals surface area contributed by atoms with Crippen molar-refractivity contribution >= 4 is 44.7 Å². The van der Waals surface area contributed by atoms with E-state index < -0.39 is 20.6 Å². The van der Waals surface area contributed by atoms with E-state index >= 15 is 0 Å². The van der Waals surface area contributed by atoms with Crippen LogP contribution < -0.4 is 5.56 Å². The van der Waals surface area contributed by atoms with Gasteiger partial charge in [-0.1, -0.05) is 41.4 Å². The van der Waals surface area contributed by atoms with Gasteiger partial charge >= 0.3 is 0 Å². The van der Waals surface area contributed by atoms with Gasteiger partial charge in [0.05, 0.1) is 27.1 Å². The van der Waals surface area contributed by atoms with Crippen molar-refractivity contribution in [1.29, 1.82) is 0 Å². The molecule has 0 bridgehead atoms. The number of hydrogen-bond acceptors (Lipinski definition) is 5. The van der Waals surface area contributed by atoms with Crippen LogP contribution in [0.4, 0.5) is 11.4 Å². The Kier molecular flexibility index (Phi) is 5.20. The Labute approximate surface area is 163 Å². The minimum absolute atomic E-state index is 0.0601. The average Bonchev–Trinajstić information content (AvgIpc) is 2.89. The normalized spacial score (nSPS) is 12.0. The first-order chi connectivity index (χ1) is 12.7. The summed E-state index contributed by atoms with van der Waals surface area (Å²) in [7, 11) is -4.55. The molecule has 8 nitrogen and oxygen atoms in total. The van der Waals surface area contributed by atoms with Crippen LogP contribution in [0.1, 0.15) is 5.69 Å². The molecule has 27 heavy (non-hydrogen) atoms. The third kappa shape index (κ3) is 3.96. The van der Waals surface area contributed by atoms with Crippen LogP contribution in [0.5, 0.6) is 0 Å². The van der Waals surface area contributed by atoms with Crippen LogP contribution in [0.3, 0.4) is 0 Å². The minimum Gasteiger partial charge on any atom is -0.293 e. The smallest absolute Gasteiger partial charge is 0.293 e. The average molecular weight is 427 g/mol. The van der Waals surface area contributed by atoms with Crippen molar-refractivity contribution in [2.75, 3.05) is 0 Å². The molecule has 0 unspecified atom stereocenters. The molecule has 0 aliphatic heterocycles. The molecule has 0 saturated heterocycles. The maximum absolute atomic E-state index is 12.7. The summed E-state index contributed by atoms with van der Waals surface area (Å²) in [6, 6.07) is 11.0. The predicted octanol–water partition coefficient (Wildman–Crippen LogP) is 4.44. The fraction of sp³-hybridized carbons (Fsp3) is 0.0625. The minimum atomic E-state index is -4.55. The molecule has 2 N–H and O–H groups in total. The first-order valence-electron chi connectivity index (χ1n) is 7.44. The van der Waals surface area contributed by atoms with Crippen LogP contribution in [0.2, 0.25) is 10.0 Å². The maximum atomic E-state index is 12.7. The summed E-state index contributed by atoms with van der Waals surface area (Å²) in [4.78, 5) is 12.1. The quantitative estimate of drug-likeness (QED) is 0.473. The van der Waals surface area contributed by atoms with Gasteiger partial charge in [-0.25, -0.2) is 4.68 Å². The number of nitrogens with one attached hydrogen (secondary N) is 1. The summed E-state index contributed by atoms with van der Waals surface area (Å²) in [5.41, 5.74) is 0.603. The van der Waals surface area contributed by atoms with Crippen molar-refractivity contribution in [3.63, 3.8) is 0 Å². The van der Waals surface area contributed by atoms with Gasteiger partial charge < -0.3 is 0 Å². The molecule has 2 aromatic carbocycles. The molecule has 0 spiro atoms. The number of rotatable bonds is 4. The summed E-state index contributed by atoms with van der Waals surface area (Å²) < 4.78 is 32.8. The van der Waals surface area contributed by atoms with E-state index in [9.17, 15) is 13.2 Å². The van der Waals surface area contributed by atoms with Crippen molar-refractivity contribution in [2.45, 2.75) is 11.8 Å². The number of aromatic amines is 1. The van der Waals surface area contributed by atoms with Gasteiger partial charge in [-0.2, -0.15) is 13.5 Å². The fourth-order valence-corrected chi connectivity index (χ4v) is 3.65. The lowest BCUT2D eigenvalue weighted by molar-refractivity contribution is 0.483. The Hall–Kier alpha value is -2.46. The largest absolute Gasteiger partial charge is 0.299 e. The van der Waals surface area contributed by atoms with E-state index in [1.165, 1.54) is 0 Å². The molecular formula is C16H12Cl2N4O4S. The fourth-order valence-electron chi connectivity index (χ4n) is 2.31. The molecule has 11 heteroatoms. The number of benzene rings is 2. The van der Waals surface area contributed by atoms with E-state index in [0.29, 0.717) is 11.4 Å². The van der Waals surface area contributed by atoms with Crippen molar-refractivity contribution in [2.24, 2.45) is 10.2 Å². The number of H-pyrrole nitrogens is 1. The number of nitrogens with zero attached hydrogens (tertiary/aromatic N) is 3. The predicted molar refractivity (Wildman–Crippen MR) is 102 cm³/mol. The van der Waals surface area contributed by atoms with Crippen molar-refractivity contribution in [3.05, 3.63) is 68.6 Å². The first-order valence-corrected chi connectivity index (χ1v) is 9.63. The molecular weight excluding hydrogens is 415 g/mol. The Bertz CT molecular complexity index is 1200. The highest BCUT2D eigenvalue weighted by Crippen LogP contribution is 2.31. The third-order valence-electron chi connectivity index (χ3n) is 3.58. The summed E-state index contributed by atoms with van der Waals surface area (Å²) in [5.74, 6) is 0. The highest BCUT2D eigenvalue weighted by molar-refractivity contribution is 7.86. The molecule has 0 saturated carbocycles. The van der Waals surface area contributed by atoms with Gasteiger partial charge in [-0.15, -0.1) is 5.11 Å². The second kappa shape index (κ2) is 7.28. The van der Waals surface area contributed by atoms with Crippen molar-refractivity contribution < 1.29 is 13.0 Å². The molecule has 0 fully saturated rings. The Morgan fingerprint density at radius 2 is 1.74 bits per heavy atom. The van der Waals surface area contributed by atoms with E-state index in [0.717, 1.165) is 16.8 Å². The molecule has 3 aromatic rings. The number of hydrogen-bond donors (Lipinski definition) is 2. The van der Waals surface area contributed by atoms with Crippen molar-refractivity contribution in [3.8, 4) is 5.69 Å². The van der Waals surface area contributed by atoms with Crippen LogP contribution in [-0.2, 0) is 10.1 Å². The molecule has 0 aliphatic rings. The van der Waals surface area contributed by atoms with E-state index in [2.05, 4.69) is 15.3 Å². The molecule has 0 radical (unpaired) electrons. The van der Waals surface area contributed by atoms with E-state index in [1.54, 1.807) is 31.2 Å². The molecule has 0 amide bonds. The van der Waals surface area contributed by atoms with Gasteiger partial charge in [0.25, 0.3) is 15.7 Å². The Balaban J connectivity index is 2.09. The lowest BCUT2D eigenvalue weighted by atomic mass is 10.3. The SMILES string of the molecule is Cc1[nH]n(-c2cc(Cl)c(S(=O)(=O)O)cc2Cl)c(=O)c1N=Nc1ccccc1. The number of azo groups is 1. The van der Waals surface area contributed by atoms with Crippen LogP contribution in [0, 0.1) is 6.92 Å². The molecule has 3 rings (SSSR count). The molecule has 0 atom stereocenters. The highest BCUT2D eigenvalue weighted by Gasteiger charge is 2.20. The second-order valence-electron chi connectivity index (χ2n) is 5.47. The van der Waals surface area contributed by atoms with Gasteiger partial charge in [-0.3, -0.25) is 14.4 Å². The standard InChI is InChI=1S/C16H12Cl2N4O4S/c1-9-15(20-19-10-5-3-2-4-6-10)16(23)22(21-9)13-7-12(18)14(8-11(13)17)27(24,25)26/h2-8,21H,1H3,(H,24,25,26). The summed E-state index contributed by atoms with van der Waals surface area (Å²) in [6.07, 6.45) is 0. The summed E-state index contributed by atoms with van der Waals surface area (Å²) >= 11 is 12.0.